The highest BCUT2D eigenvalue weighted by molar-refractivity contribution is 5.67. The molecule has 0 aromatic carbocycles. The predicted octanol–water partition coefficient (Wildman–Crippen LogP) is 1.87. The summed E-state index contributed by atoms with van der Waals surface area (Å²) in [6, 6.07) is 0.984. The Balaban J connectivity index is 1.96. The number of nitrogens with zero attached hydrogens (tertiary/aromatic N) is 1. The van der Waals surface area contributed by atoms with Crippen molar-refractivity contribution in [2.75, 3.05) is 6.54 Å². The molecule has 2 aliphatic rings. The molecule has 0 aromatic rings. The maximum Gasteiger partial charge on any atom is 0.303 e. The van der Waals surface area contributed by atoms with Crippen LogP contribution in [-0.2, 0) is 4.79 Å². The van der Waals surface area contributed by atoms with Crippen molar-refractivity contribution in [1.29, 1.82) is 0 Å². The second-order valence-electron chi connectivity index (χ2n) is 6.34. The Morgan fingerprint density at radius 1 is 1.33 bits per heavy atom. The normalized spacial score (nSPS) is 35.4. The molecule has 4 nitrogen and oxygen atoms in total. The van der Waals surface area contributed by atoms with Crippen molar-refractivity contribution in [2.24, 2.45) is 5.92 Å². The molecular formula is C14H25NO3. The number of carboxylic acid groups (broad SMARTS) is 1. The number of aliphatic carboxylic acids is 1. The van der Waals surface area contributed by atoms with E-state index in [0.717, 1.165) is 25.8 Å². The molecule has 0 amide bonds. The van der Waals surface area contributed by atoms with Crippen molar-refractivity contribution in [3.8, 4) is 0 Å². The van der Waals surface area contributed by atoms with E-state index in [2.05, 4.69) is 4.90 Å². The lowest BCUT2D eigenvalue weighted by Gasteiger charge is -2.41. The van der Waals surface area contributed by atoms with Gasteiger partial charge in [-0.3, -0.25) is 9.69 Å². The zero-order valence-electron chi connectivity index (χ0n) is 11.4. The van der Waals surface area contributed by atoms with E-state index < -0.39 is 11.6 Å². The second-order valence-corrected chi connectivity index (χ2v) is 6.34. The van der Waals surface area contributed by atoms with Gasteiger partial charge in [-0.05, 0) is 44.9 Å². The van der Waals surface area contributed by atoms with Crippen molar-refractivity contribution in [3.63, 3.8) is 0 Å². The van der Waals surface area contributed by atoms with Crippen LogP contribution in [0, 0.1) is 5.92 Å². The summed E-state index contributed by atoms with van der Waals surface area (Å²) in [5.41, 5.74) is -0.611. The summed E-state index contributed by atoms with van der Waals surface area (Å²) in [4.78, 5) is 13.2. The molecule has 2 N–H and O–H groups in total. The molecule has 2 heterocycles. The summed E-state index contributed by atoms with van der Waals surface area (Å²) in [6.07, 6.45) is 5.39. The monoisotopic (exact) mass is 255 g/mol. The summed E-state index contributed by atoms with van der Waals surface area (Å²) in [6.45, 7) is 4.65. The van der Waals surface area contributed by atoms with Gasteiger partial charge in [-0.15, -0.1) is 0 Å². The molecule has 0 saturated carbocycles. The van der Waals surface area contributed by atoms with Gasteiger partial charge in [0.1, 0.15) is 0 Å². The zero-order chi connectivity index (χ0) is 13.3. The van der Waals surface area contributed by atoms with Gasteiger partial charge in [0, 0.05) is 25.0 Å². The maximum absolute atomic E-state index is 10.8. The Hall–Kier alpha value is -0.610. The van der Waals surface area contributed by atoms with E-state index in [-0.39, 0.29) is 0 Å². The first-order chi connectivity index (χ1) is 8.41. The summed E-state index contributed by atoms with van der Waals surface area (Å²) in [5.74, 6) is -0.337. The largest absolute Gasteiger partial charge is 0.481 e. The average molecular weight is 255 g/mol. The molecule has 2 bridgehead atoms. The molecule has 2 fully saturated rings. The van der Waals surface area contributed by atoms with Gasteiger partial charge in [0.2, 0.25) is 0 Å². The fraction of sp³-hybridized carbons (Fsp3) is 0.929. The van der Waals surface area contributed by atoms with Crippen LogP contribution in [0.1, 0.15) is 52.4 Å². The topological polar surface area (TPSA) is 60.8 Å². The van der Waals surface area contributed by atoms with Crippen LogP contribution < -0.4 is 0 Å². The van der Waals surface area contributed by atoms with Gasteiger partial charge in [0.05, 0.1) is 5.60 Å². The molecule has 104 valence electrons. The van der Waals surface area contributed by atoms with Crippen LogP contribution in [0.4, 0.5) is 0 Å². The van der Waals surface area contributed by atoms with Gasteiger partial charge in [-0.25, -0.2) is 0 Å². The lowest BCUT2D eigenvalue weighted by Crippen LogP contribution is -2.50. The summed E-state index contributed by atoms with van der Waals surface area (Å²) >= 11 is 0. The molecule has 0 radical (unpaired) electrons. The van der Waals surface area contributed by atoms with E-state index in [1.807, 2.05) is 13.8 Å². The maximum atomic E-state index is 10.8. The number of aliphatic hydroxyl groups is 1. The number of carbonyl (C=O) groups is 1. The van der Waals surface area contributed by atoms with E-state index in [1.165, 1.54) is 12.8 Å². The molecular weight excluding hydrogens is 230 g/mol. The van der Waals surface area contributed by atoms with Gasteiger partial charge in [0.15, 0.2) is 0 Å². The summed E-state index contributed by atoms with van der Waals surface area (Å²) in [5, 5.41) is 19.1. The van der Waals surface area contributed by atoms with Crippen LogP contribution in [-0.4, -0.2) is 45.3 Å². The Bertz CT molecular complexity index is 302. The third kappa shape index (κ3) is 3.04. The van der Waals surface area contributed by atoms with E-state index in [4.69, 9.17) is 5.11 Å². The lowest BCUT2D eigenvalue weighted by molar-refractivity contribution is -0.138. The molecule has 2 aliphatic heterocycles. The number of fused-ring (bicyclic) bond motifs is 2. The zero-order valence-corrected chi connectivity index (χ0v) is 11.4. The highest BCUT2D eigenvalue weighted by Crippen LogP contribution is 2.40. The first-order valence-corrected chi connectivity index (χ1v) is 7.11. The van der Waals surface area contributed by atoms with Gasteiger partial charge < -0.3 is 10.2 Å². The molecule has 2 saturated heterocycles. The number of piperidine rings is 1. The minimum Gasteiger partial charge on any atom is -0.481 e. The highest BCUT2D eigenvalue weighted by Gasteiger charge is 2.42. The van der Waals surface area contributed by atoms with Crippen molar-refractivity contribution >= 4 is 5.97 Å². The quantitative estimate of drug-likeness (QED) is 0.787. The molecule has 0 aliphatic carbocycles. The summed E-state index contributed by atoms with van der Waals surface area (Å²) < 4.78 is 0. The average Bonchev–Trinajstić information content (AvgIpc) is 2.50. The Labute approximate surface area is 109 Å². The van der Waals surface area contributed by atoms with E-state index in [1.54, 1.807) is 0 Å². The minimum absolute atomic E-state index is 0.311. The number of carboxylic acids is 1. The third-order valence-corrected chi connectivity index (χ3v) is 4.73. The molecule has 0 aromatic heterocycles. The predicted molar refractivity (Wildman–Crippen MR) is 69.4 cm³/mol. The van der Waals surface area contributed by atoms with Crippen molar-refractivity contribution in [3.05, 3.63) is 0 Å². The first-order valence-electron chi connectivity index (χ1n) is 7.11. The Kier molecular flexibility index (Phi) is 3.97. The van der Waals surface area contributed by atoms with Crippen LogP contribution in [0.5, 0.6) is 0 Å². The SMILES string of the molecule is CCC(C)(O)CN1C2CCC1CC(CC(=O)O)C2. The molecule has 18 heavy (non-hydrogen) atoms. The molecule has 4 heteroatoms. The first kappa shape index (κ1) is 13.8. The van der Waals surface area contributed by atoms with Crippen LogP contribution >= 0.6 is 0 Å². The van der Waals surface area contributed by atoms with Crippen LogP contribution in [0.3, 0.4) is 0 Å². The Morgan fingerprint density at radius 2 is 1.89 bits per heavy atom. The smallest absolute Gasteiger partial charge is 0.303 e. The van der Waals surface area contributed by atoms with Crippen molar-refractivity contribution in [2.45, 2.75) is 70.1 Å². The van der Waals surface area contributed by atoms with Gasteiger partial charge in [0.25, 0.3) is 0 Å². The van der Waals surface area contributed by atoms with Gasteiger partial charge >= 0.3 is 5.97 Å². The van der Waals surface area contributed by atoms with Crippen molar-refractivity contribution < 1.29 is 15.0 Å². The van der Waals surface area contributed by atoms with Crippen LogP contribution in [0.15, 0.2) is 0 Å². The van der Waals surface area contributed by atoms with Gasteiger partial charge in [-0.1, -0.05) is 6.92 Å². The third-order valence-electron chi connectivity index (χ3n) is 4.73. The van der Waals surface area contributed by atoms with Crippen LogP contribution in [0.25, 0.3) is 0 Å². The Morgan fingerprint density at radius 3 is 2.33 bits per heavy atom. The standard InChI is InChI=1S/C14H25NO3/c1-3-14(2,18)9-15-11-4-5-12(15)7-10(6-11)8-13(16)17/h10-12,18H,3-9H2,1-2H3,(H,16,17). The van der Waals surface area contributed by atoms with Gasteiger partial charge in [-0.2, -0.15) is 0 Å². The molecule has 3 unspecified atom stereocenters. The minimum atomic E-state index is -0.673. The highest BCUT2D eigenvalue weighted by atomic mass is 16.4. The van der Waals surface area contributed by atoms with E-state index in [0.29, 0.717) is 24.4 Å². The lowest BCUT2D eigenvalue weighted by atomic mass is 9.87. The van der Waals surface area contributed by atoms with Crippen LogP contribution in [0.2, 0.25) is 0 Å². The van der Waals surface area contributed by atoms with E-state index in [9.17, 15) is 9.90 Å². The van der Waals surface area contributed by atoms with E-state index >= 15 is 0 Å². The second kappa shape index (κ2) is 5.17. The summed E-state index contributed by atoms with van der Waals surface area (Å²) in [7, 11) is 0. The number of hydrogen-bond acceptors (Lipinski definition) is 3. The fourth-order valence-corrected chi connectivity index (χ4v) is 3.56. The molecule has 3 atom stereocenters. The molecule has 0 spiro atoms. The van der Waals surface area contributed by atoms with Crippen molar-refractivity contribution in [1.82, 2.24) is 4.90 Å². The fourth-order valence-electron chi connectivity index (χ4n) is 3.56. The molecule has 2 rings (SSSR count). The number of hydrogen-bond donors (Lipinski definition) is 2. The number of rotatable bonds is 5.